The number of aliphatic carboxylic acids is 1. The lowest BCUT2D eigenvalue weighted by molar-refractivity contribution is -0.646. The summed E-state index contributed by atoms with van der Waals surface area (Å²) in [5.41, 5.74) is 4.62. The maximum atomic E-state index is 13.4. The molecule has 10 nitrogen and oxygen atoms in total. The summed E-state index contributed by atoms with van der Waals surface area (Å²) in [5.74, 6) is -2.14. The van der Waals surface area contributed by atoms with Crippen LogP contribution >= 0.6 is 0 Å². The highest BCUT2D eigenvalue weighted by molar-refractivity contribution is 5.94. The molecule has 0 spiro atoms. The third-order valence-electron chi connectivity index (χ3n) is 6.26. The fourth-order valence-corrected chi connectivity index (χ4v) is 4.06. The Bertz CT molecular complexity index is 834. The Kier molecular flexibility index (Phi) is 11.0. The number of carboxylic acids is 1. The summed E-state index contributed by atoms with van der Waals surface area (Å²) < 4.78 is 0. The minimum atomic E-state index is -1.13. The van der Waals surface area contributed by atoms with Crippen molar-refractivity contribution in [2.24, 2.45) is 0 Å². The molecule has 0 aliphatic carbocycles. The van der Waals surface area contributed by atoms with Crippen LogP contribution in [-0.2, 0) is 25.6 Å². The fraction of sp³-hybridized carbons (Fsp3) is 0.583. The van der Waals surface area contributed by atoms with Gasteiger partial charge in [-0.2, -0.15) is 0 Å². The number of nitrogens with two attached hydrogens (primary N) is 1. The van der Waals surface area contributed by atoms with Gasteiger partial charge >= 0.3 is 5.97 Å². The normalized spacial score (nSPS) is 18.1. The number of benzene rings is 1. The topological polar surface area (TPSA) is 160 Å². The molecule has 3 amide bonds. The molecule has 4 atom stereocenters. The van der Waals surface area contributed by atoms with E-state index in [-0.39, 0.29) is 24.3 Å². The molecular formula is C24H39N5O5+2. The standard InChI is InChI=1S/C24H37N5O5/c1-16(26-2)21(30)27-18(11-6-7-13-25)23(32)29-14-8-12-20(29)22(31)28-19(24(33)34)15-17-9-4-3-5-10-17/h3-5,9-10,16,18-20,26H,6-8,11-15,25H2,1-2H3,(H,27,30)(H,28,31)(H,33,34)/p+2/t16-,18-,19-,20-/m0/s1. The number of carboxylic acid groups (broad SMARTS) is 1. The minimum Gasteiger partial charge on any atom is -0.480 e. The first-order valence-electron chi connectivity index (χ1n) is 12.0. The molecule has 1 aliphatic rings. The zero-order chi connectivity index (χ0) is 25.1. The number of nitrogens with one attached hydrogen (secondary N) is 2. The van der Waals surface area contributed by atoms with E-state index in [0.29, 0.717) is 25.8 Å². The first-order valence-corrected chi connectivity index (χ1v) is 12.0. The van der Waals surface area contributed by atoms with Crippen LogP contribution in [0.5, 0.6) is 0 Å². The van der Waals surface area contributed by atoms with Crippen molar-refractivity contribution in [3.63, 3.8) is 0 Å². The zero-order valence-corrected chi connectivity index (χ0v) is 20.2. The summed E-state index contributed by atoms with van der Waals surface area (Å²) in [7, 11) is 1.79. The van der Waals surface area contributed by atoms with Gasteiger partial charge < -0.3 is 31.7 Å². The van der Waals surface area contributed by atoms with Gasteiger partial charge in [0.25, 0.3) is 5.91 Å². The Hall–Kier alpha value is -2.98. The third-order valence-corrected chi connectivity index (χ3v) is 6.26. The number of carbonyl (C=O) groups excluding carboxylic acids is 3. The van der Waals surface area contributed by atoms with Gasteiger partial charge in [0.15, 0.2) is 6.04 Å². The number of carbonyl (C=O) groups is 4. The predicted molar refractivity (Wildman–Crippen MR) is 125 cm³/mol. The van der Waals surface area contributed by atoms with E-state index in [1.165, 1.54) is 4.90 Å². The highest BCUT2D eigenvalue weighted by Crippen LogP contribution is 2.20. The Morgan fingerprint density at radius 2 is 1.85 bits per heavy atom. The van der Waals surface area contributed by atoms with E-state index in [1.807, 2.05) is 18.2 Å². The van der Waals surface area contributed by atoms with Gasteiger partial charge in [0, 0.05) is 13.0 Å². The Morgan fingerprint density at radius 3 is 2.47 bits per heavy atom. The molecule has 34 heavy (non-hydrogen) atoms. The Balaban J connectivity index is 2.10. The monoisotopic (exact) mass is 477 g/mol. The molecule has 8 N–H and O–H groups in total. The van der Waals surface area contributed by atoms with Gasteiger partial charge in [-0.25, -0.2) is 4.79 Å². The predicted octanol–water partition coefficient (Wildman–Crippen LogP) is -1.73. The van der Waals surface area contributed by atoms with Crippen molar-refractivity contribution in [1.29, 1.82) is 0 Å². The van der Waals surface area contributed by atoms with Gasteiger partial charge in [-0.15, -0.1) is 0 Å². The van der Waals surface area contributed by atoms with Crippen molar-refractivity contribution in [2.75, 3.05) is 20.1 Å². The number of rotatable bonds is 13. The van der Waals surface area contributed by atoms with Gasteiger partial charge in [-0.05, 0) is 44.6 Å². The molecule has 10 heteroatoms. The quantitative estimate of drug-likeness (QED) is 0.213. The second kappa shape index (κ2) is 13.7. The molecule has 0 aromatic heterocycles. The highest BCUT2D eigenvalue weighted by atomic mass is 16.4. The number of likely N-dealkylation sites (tertiary alicyclic amines) is 1. The van der Waals surface area contributed by atoms with E-state index in [1.54, 1.807) is 31.4 Å². The van der Waals surface area contributed by atoms with Crippen molar-refractivity contribution in [3.05, 3.63) is 35.9 Å². The van der Waals surface area contributed by atoms with Crippen LogP contribution in [0.2, 0.25) is 0 Å². The van der Waals surface area contributed by atoms with E-state index < -0.39 is 30.0 Å². The molecule has 1 heterocycles. The second-order valence-electron chi connectivity index (χ2n) is 8.81. The molecule has 188 valence electrons. The molecule has 1 aliphatic heterocycles. The summed E-state index contributed by atoms with van der Waals surface area (Å²) in [6, 6.07) is 6.16. The smallest absolute Gasteiger partial charge is 0.326 e. The average molecular weight is 478 g/mol. The van der Waals surface area contributed by atoms with Crippen molar-refractivity contribution in [1.82, 2.24) is 15.5 Å². The number of likely N-dealkylation sites (N-methyl/N-ethyl adjacent to an activating group) is 1. The fourth-order valence-electron chi connectivity index (χ4n) is 4.06. The van der Waals surface area contributed by atoms with Crippen LogP contribution in [0, 0.1) is 0 Å². The van der Waals surface area contributed by atoms with Gasteiger partial charge in [0.2, 0.25) is 11.8 Å². The molecule has 0 bridgehead atoms. The zero-order valence-electron chi connectivity index (χ0n) is 20.2. The molecule has 1 fully saturated rings. The van der Waals surface area contributed by atoms with Gasteiger partial charge in [0.05, 0.1) is 13.6 Å². The lowest BCUT2D eigenvalue weighted by atomic mass is 10.0. The second-order valence-corrected chi connectivity index (χ2v) is 8.81. The van der Waals surface area contributed by atoms with Crippen LogP contribution in [-0.4, -0.2) is 78.0 Å². The van der Waals surface area contributed by atoms with E-state index in [2.05, 4.69) is 16.4 Å². The average Bonchev–Trinajstić information content (AvgIpc) is 3.32. The highest BCUT2D eigenvalue weighted by Gasteiger charge is 2.39. The minimum absolute atomic E-state index is 0.151. The van der Waals surface area contributed by atoms with Gasteiger partial charge in [-0.3, -0.25) is 14.4 Å². The van der Waals surface area contributed by atoms with Crippen molar-refractivity contribution in [3.8, 4) is 0 Å². The maximum absolute atomic E-state index is 13.4. The third kappa shape index (κ3) is 7.81. The molecule has 1 aromatic carbocycles. The lowest BCUT2D eigenvalue weighted by Crippen LogP contribution is -2.88. The molecule has 1 aromatic rings. The summed E-state index contributed by atoms with van der Waals surface area (Å²) in [4.78, 5) is 52.2. The number of hydrogen-bond donors (Lipinski definition) is 5. The van der Waals surface area contributed by atoms with E-state index in [9.17, 15) is 24.3 Å². The summed E-state index contributed by atoms with van der Waals surface area (Å²) >= 11 is 0. The molecular weight excluding hydrogens is 438 g/mol. The van der Waals surface area contributed by atoms with Gasteiger partial charge in [-0.1, -0.05) is 30.3 Å². The number of nitrogens with zero attached hydrogens (tertiary/aromatic N) is 1. The van der Waals surface area contributed by atoms with Crippen LogP contribution in [0.1, 0.15) is 44.6 Å². The summed E-state index contributed by atoms with van der Waals surface area (Å²) in [5, 5.41) is 16.9. The molecule has 0 radical (unpaired) electrons. The first-order chi connectivity index (χ1) is 16.3. The van der Waals surface area contributed by atoms with Crippen LogP contribution in [0.3, 0.4) is 0 Å². The van der Waals surface area contributed by atoms with Crippen LogP contribution < -0.4 is 21.7 Å². The largest absolute Gasteiger partial charge is 0.480 e. The van der Waals surface area contributed by atoms with Crippen molar-refractivity contribution < 1.29 is 35.3 Å². The summed E-state index contributed by atoms with van der Waals surface area (Å²) in [6.45, 7) is 2.89. The molecule has 0 unspecified atom stereocenters. The van der Waals surface area contributed by atoms with Crippen LogP contribution in [0.25, 0.3) is 0 Å². The van der Waals surface area contributed by atoms with E-state index >= 15 is 0 Å². The molecule has 2 rings (SSSR count). The number of unbranched alkanes of at least 4 members (excludes halogenated alkanes) is 1. The molecule has 1 saturated heterocycles. The van der Waals surface area contributed by atoms with Crippen LogP contribution in [0.4, 0.5) is 0 Å². The number of hydrogen-bond acceptors (Lipinski definition) is 4. The van der Waals surface area contributed by atoms with Crippen LogP contribution in [0.15, 0.2) is 30.3 Å². The summed E-state index contributed by atoms with van der Waals surface area (Å²) in [6.07, 6.45) is 3.27. The van der Waals surface area contributed by atoms with Crippen molar-refractivity contribution >= 4 is 23.7 Å². The van der Waals surface area contributed by atoms with E-state index in [0.717, 1.165) is 24.9 Å². The Labute approximate surface area is 200 Å². The number of amides is 3. The SMILES string of the molecule is C[NH2+][C@@H](C)C(=O)N[C@@H](CCCC[NH3+])C(=O)N1CCC[C@H]1C(=O)N[C@@H](Cc1ccccc1)C(=O)O. The number of quaternary nitrogens is 2. The maximum Gasteiger partial charge on any atom is 0.326 e. The first kappa shape index (κ1) is 27.3. The molecule has 0 saturated carbocycles. The lowest BCUT2D eigenvalue weighted by Gasteiger charge is -2.29. The van der Waals surface area contributed by atoms with E-state index in [4.69, 9.17) is 0 Å². The van der Waals surface area contributed by atoms with Gasteiger partial charge in [0.1, 0.15) is 18.1 Å². The Morgan fingerprint density at radius 1 is 1.15 bits per heavy atom. The van der Waals surface area contributed by atoms with Crippen molar-refractivity contribution in [2.45, 2.75) is 69.6 Å².